The molecule has 1 aliphatic carbocycles. The van der Waals surface area contributed by atoms with Crippen LogP contribution >= 0.6 is 0 Å². The molecule has 1 saturated heterocycles. The van der Waals surface area contributed by atoms with E-state index in [-0.39, 0.29) is 24.3 Å². The highest BCUT2D eigenvalue weighted by Gasteiger charge is 2.67. The maximum Gasteiger partial charge on any atom is 0.328 e. The van der Waals surface area contributed by atoms with Crippen molar-refractivity contribution in [1.82, 2.24) is 0 Å². The smallest absolute Gasteiger partial charge is 0.328 e. The Morgan fingerprint density at radius 3 is 1.75 bits per heavy atom. The zero-order valence-corrected chi connectivity index (χ0v) is 17.4. The summed E-state index contributed by atoms with van der Waals surface area (Å²) >= 11 is 0. The average molecular weight is 441 g/mol. The van der Waals surface area contributed by atoms with Gasteiger partial charge in [0.1, 0.15) is 11.6 Å². The third-order valence-corrected chi connectivity index (χ3v) is 6.09. The summed E-state index contributed by atoms with van der Waals surface area (Å²) in [7, 11) is 0. The zero-order valence-electron chi connectivity index (χ0n) is 17.4. The number of hydrogen-bond acceptors (Lipinski definition) is 7. The number of cyclic esters (lactones) is 2. The summed E-state index contributed by atoms with van der Waals surface area (Å²) in [4.78, 5) is 50.2. The van der Waals surface area contributed by atoms with Gasteiger partial charge < -0.3 is 9.47 Å². The number of rotatable bonds is 3. The quantitative estimate of drug-likeness (QED) is 0.308. The first-order valence-electron chi connectivity index (χ1n) is 10.0. The number of esters is 2. The fraction of sp³-hybridized carbons (Fsp3) is 0.348. The standard InChI is InChI=1S/C23H20FNO7/c1-22(2)31-20(27)23(21(28)32-22)18(13-3-7-15(24)8-4-13)11-17(26)12-19(23)14-5-9-16(10-6-14)25(29)30/h3-10,18-19H,11-12H2,1-2H3/t18-,19+/m0/s1. The number of benzene rings is 2. The number of non-ortho nitro benzene ring substituents is 1. The molecule has 0 radical (unpaired) electrons. The number of carbonyl (C=O) groups excluding carboxylic acids is 3. The topological polar surface area (TPSA) is 113 Å². The van der Waals surface area contributed by atoms with Gasteiger partial charge in [-0.3, -0.25) is 24.5 Å². The van der Waals surface area contributed by atoms with Crippen LogP contribution in [0.2, 0.25) is 0 Å². The van der Waals surface area contributed by atoms with Gasteiger partial charge in [-0.1, -0.05) is 24.3 Å². The van der Waals surface area contributed by atoms with E-state index in [9.17, 15) is 28.9 Å². The van der Waals surface area contributed by atoms with E-state index in [4.69, 9.17) is 9.47 Å². The lowest BCUT2D eigenvalue weighted by molar-refractivity contribution is -0.384. The van der Waals surface area contributed by atoms with Gasteiger partial charge in [0.25, 0.3) is 11.5 Å². The molecule has 2 atom stereocenters. The van der Waals surface area contributed by atoms with E-state index < -0.39 is 45.7 Å². The number of ketones is 1. The molecule has 1 aliphatic heterocycles. The van der Waals surface area contributed by atoms with E-state index in [1.54, 1.807) is 0 Å². The molecule has 0 unspecified atom stereocenters. The maximum absolute atomic E-state index is 13.6. The molecule has 1 heterocycles. The summed E-state index contributed by atoms with van der Waals surface area (Å²) in [5.74, 6) is -5.83. The number of ether oxygens (including phenoxy) is 2. The SMILES string of the molecule is CC1(C)OC(=O)C2(C(=O)O1)[C@@H](c1ccc([N+](=O)[O-])cc1)CC(=O)C[C@H]2c1ccc(F)cc1. The maximum atomic E-state index is 13.6. The minimum atomic E-state index is -1.91. The molecule has 2 aromatic rings. The predicted molar refractivity (Wildman–Crippen MR) is 108 cm³/mol. The summed E-state index contributed by atoms with van der Waals surface area (Å²) in [6, 6.07) is 10.6. The fourth-order valence-electron chi connectivity index (χ4n) is 4.68. The largest absolute Gasteiger partial charge is 0.422 e. The first-order valence-corrected chi connectivity index (χ1v) is 10.0. The highest BCUT2D eigenvalue weighted by Crippen LogP contribution is 2.57. The predicted octanol–water partition coefficient (Wildman–Crippen LogP) is 3.79. The van der Waals surface area contributed by atoms with Crippen LogP contribution in [0.15, 0.2) is 48.5 Å². The molecule has 4 rings (SSSR count). The Kier molecular flexibility index (Phi) is 5.07. The van der Waals surface area contributed by atoms with Gasteiger partial charge in [-0.25, -0.2) is 4.39 Å². The molecular formula is C23H20FNO7. The molecule has 1 saturated carbocycles. The lowest BCUT2D eigenvalue weighted by atomic mass is 9.55. The Balaban J connectivity index is 1.91. The van der Waals surface area contributed by atoms with Gasteiger partial charge in [0.15, 0.2) is 5.41 Å². The molecular weight excluding hydrogens is 421 g/mol. The fourth-order valence-corrected chi connectivity index (χ4v) is 4.68. The van der Waals surface area contributed by atoms with E-state index in [1.807, 2.05) is 0 Å². The molecule has 0 bridgehead atoms. The number of nitro benzene ring substituents is 1. The van der Waals surface area contributed by atoms with Crippen LogP contribution in [0, 0.1) is 21.3 Å². The Hall–Kier alpha value is -3.62. The van der Waals surface area contributed by atoms with Crippen molar-refractivity contribution in [3.05, 3.63) is 75.6 Å². The van der Waals surface area contributed by atoms with Gasteiger partial charge in [-0.05, 0) is 23.3 Å². The van der Waals surface area contributed by atoms with Gasteiger partial charge in [0, 0.05) is 50.7 Å². The van der Waals surface area contributed by atoms with E-state index in [1.165, 1.54) is 62.4 Å². The van der Waals surface area contributed by atoms with Crippen molar-refractivity contribution in [3.63, 3.8) is 0 Å². The van der Waals surface area contributed by atoms with Crippen molar-refractivity contribution >= 4 is 23.4 Å². The highest BCUT2D eigenvalue weighted by molar-refractivity contribution is 6.06. The molecule has 1 spiro atoms. The average Bonchev–Trinajstić information content (AvgIpc) is 2.72. The van der Waals surface area contributed by atoms with Crippen LogP contribution in [0.1, 0.15) is 49.7 Å². The molecule has 2 aliphatic rings. The number of halogens is 1. The van der Waals surface area contributed by atoms with Crippen molar-refractivity contribution in [1.29, 1.82) is 0 Å². The Labute approximate surface area is 182 Å². The summed E-state index contributed by atoms with van der Waals surface area (Å²) in [6.45, 7) is 2.86. The van der Waals surface area contributed by atoms with Gasteiger partial charge in [0.2, 0.25) is 0 Å². The van der Waals surface area contributed by atoms with Gasteiger partial charge in [-0.2, -0.15) is 0 Å². The summed E-state index contributed by atoms with van der Waals surface area (Å²) < 4.78 is 24.5. The lowest BCUT2D eigenvalue weighted by Gasteiger charge is -2.49. The minimum absolute atomic E-state index is 0.139. The Bertz CT molecular complexity index is 1090. The Morgan fingerprint density at radius 2 is 1.31 bits per heavy atom. The molecule has 2 aromatic carbocycles. The lowest BCUT2D eigenvalue weighted by Crippen LogP contribution is -2.61. The number of carbonyl (C=O) groups is 3. The zero-order chi connectivity index (χ0) is 23.3. The van der Waals surface area contributed by atoms with E-state index in [0.29, 0.717) is 11.1 Å². The van der Waals surface area contributed by atoms with E-state index in [2.05, 4.69) is 0 Å². The van der Waals surface area contributed by atoms with Crippen LogP contribution in [0.4, 0.5) is 10.1 Å². The summed E-state index contributed by atoms with van der Waals surface area (Å²) in [6.07, 6.45) is -0.292. The number of nitro groups is 1. The molecule has 166 valence electrons. The van der Waals surface area contributed by atoms with Crippen LogP contribution < -0.4 is 0 Å². The second-order valence-electron chi connectivity index (χ2n) is 8.50. The monoisotopic (exact) mass is 441 g/mol. The van der Waals surface area contributed by atoms with Crippen molar-refractivity contribution in [2.45, 2.75) is 44.3 Å². The first kappa shape index (κ1) is 21.6. The van der Waals surface area contributed by atoms with Crippen LogP contribution in [-0.4, -0.2) is 28.4 Å². The number of hydrogen-bond donors (Lipinski definition) is 0. The summed E-state index contributed by atoms with van der Waals surface area (Å²) in [5.41, 5.74) is -1.27. The molecule has 0 amide bonds. The summed E-state index contributed by atoms with van der Waals surface area (Å²) in [5, 5.41) is 11.0. The number of Topliss-reactive ketones (excluding diaryl/α,β-unsaturated/α-hetero) is 1. The molecule has 32 heavy (non-hydrogen) atoms. The van der Waals surface area contributed by atoms with Crippen molar-refractivity contribution in [3.8, 4) is 0 Å². The second-order valence-corrected chi connectivity index (χ2v) is 8.50. The minimum Gasteiger partial charge on any atom is -0.422 e. The van der Waals surface area contributed by atoms with Gasteiger partial charge in [-0.15, -0.1) is 0 Å². The highest BCUT2D eigenvalue weighted by atomic mass is 19.1. The van der Waals surface area contributed by atoms with Crippen molar-refractivity contribution in [2.75, 3.05) is 0 Å². The van der Waals surface area contributed by atoms with Gasteiger partial charge >= 0.3 is 11.9 Å². The third-order valence-electron chi connectivity index (χ3n) is 6.09. The van der Waals surface area contributed by atoms with Crippen LogP contribution in [-0.2, 0) is 23.9 Å². The van der Waals surface area contributed by atoms with Crippen molar-refractivity contribution in [2.24, 2.45) is 5.41 Å². The normalized spacial score (nSPS) is 24.0. The van der Waals surface area contributed by atoms with E-state index in [0.717, 1.165) is 0 Å². The first-order chi connectivity index (χ1) is 15.0. The molecule has 2 fully saturated rings. The molecule has 0 aromatic heterocycles. The van der Waals surface area contributed by atoms with Gasteiger partial charge in [0.05, 0.1) is 4.92 Å². The Morgan fingerprint density at radius 1 is 0.875 bits per heavy atom. The van der Waals surface area contributed by atoms with Crippen LogP contribution in [0.3, 0.4) is 0 Å². The van der Waals surface area contributed by atoms with E-state index >= 15 is 0 Å². The van der Waals surface area contributed by atoms with Crippen LogP contribution in [0.5, 0.6) is 0 Å². The molecule has 8 nitrogen and oxygen atoms in total. The third kappa shape index (κ3) is 3.43. The van der Waals surface area contributed by atoms with Crippen molar-refractivity contribution < 1.29 is 33.2 Å². The number of nitrogens with zero attached hydrogens (tertiary/aromatic N) is 1. The molecule has 0 N–H and O–H groups in total. The second kappa shape index (κ2) is 7.51. The molecule has 9 heteroatoms. The van der Waals surface area contributed by atoms with Crippen LogP contribution in [0.25, 0.3) is 0 Å².